The minimum absolute atomic E-state index is 0.232. The predicted molar refractivity (Wildman–Crippen MR) is 86.7 cm³/mol. The highest BCUT2D eigenvalue weighted by Gasteiger charge is 2.07. The first-order chi connectivity index (χ1) is 10.0. The van der Waals surface area contributed by atoms with Crippen molar-refractivity contribution < 1.29 is 19.4 Å². The van der Waals surface area contributed by atoms with Gasteiger partial charge in [-0.15, -0.1) is 0 Å². The topological polar surface area (TPSA) is 75.6 Å². The molecule has 0 saturated carbocycles. The van der Waals surface area contributed by atoms with Gasteiger partial charge in [0, 0.05) is 20.9 Å². The van der Waals surface area contributed by atoms with Crippen molar-refractivity contribution in [3.8, 4) is 5.75 Å². The standard InChI is InChI=1S/C15H12INO4/c16-11-4-1-3-10(7-11)15(20)17-12-5-2-6-13(8-12)21-9-14(18)19/h1-8H,9H2,(H,17,20)(H,18,19). The van der Waals surface area contributed by atoms with Crippen LogP contribution in [0.15, 0.2) is 48.5 Å². The molecule has 2 rings (SSSR count). The number of aliphatic carboxylic acids is 1. The summed E-state index contributed by atoms with van der Waals surface area (Å²) in [5.74, 6) is -0.898. The molecule has 0 heterocycles. The number of amides is 1. The zero-order valence-electron chi connectivity index (χ0n) is 10.9. The van der Waals surface area contributed by atoms with Crippen LogP contribution in [0.4, 0.5) is 5.69 Å². The highest BCUT2D eigenvalue weighted by atomic mass is 127. The monoisotopic (exact) mass is 397 g/mol. The van der Waals surface area contributed by atoms with E-state index >= 15 is 0 Å². The number of carboxylic acid groups (broad SMARTS) is 1. The van der Waals surface area contributed by atoms with Crippen molar-refractivity contribution in [3.05, 3.63) is 57.7 Å². The van der Waals surface area contributed by atoms with Gasteiger partial charge in [-0.05, 0) is 52.9 Å². The van der Waals surface area contributed by atoms with E-state index in [1.807, 2.05) is 12.1 Å². The Kier molecular flexibility index (Phi) is 5.15. The lowest BCUT2D eigenvalue weighted by atomic mass is 10.2. The molecule has 2 N–H and O–H groups in total. The van der Waals surface area contributed by atoms with Gasteiger partial charge in [0.05, 0.1) is 0 Å². The van der Waals surface area contributed by atoms with Gasteiger partial charge < -0.3 is 15.2 Å². The molecule has 0 aromatic heterocycles. The number of carboxylic acids is 1. The van der Waals surface area contributed by atoms with E-state index in [9.17, 15) is 9.59 Å². The molecule has 0 aliphatic heterocycles. The van der Waals surface area contributed by atoms with Crippen LogP contribution in [-0.4, -0.2) is 23.6 Å². The Morgan fingerprint density at radius 2 is 1.90 bits per heavy atom. The third kappa shape index (κ3) is 4.75. The molecule has 0 bridgehead atoms. The van der Waals surface area contributed by atoms with Crippen LogP contribution < -0.4 is 10.1 Å². The minimum atomic E-state index is -1.05. The molecule has 0 unspecified atom stereocenters. The number of hydrogen-bond donors (Lipinski definition) is 2. The van der Waals surface area contributed by atoms with E-state index in [1.165, 1.54) is 0 Å². The predicted octanol–water partition coefficient (Wildman–Crippen LogP) is 3.01. The summed E-state index contributed by atoms with van der Waals surface area (Å²) in [5.41, 5.74) is 1.10. The molecule has 0 saturated heterocycles. The van der Waals surface area contributed by atoms with Crippen LogP contribution in [0.2, 0.25) is 0 Å². The minimum Gasteiger partial charge on any atom is -0.482 e. The second kappa shape index (κ2) is 7.07. The molecule has 6 heteroatoms. The molecule has 0 radical (unpaired) electrons. The van der Waals surface area contributed by atoms with Crippen molar-refractivity contribution in [1.82, 2.24) is 0 Å². The van der Waals surface area contributed by atoms with Gasteiger partial charge in [0.25, 0.3) is 5.91 Å². The Balaban J connectivity index is 2.07. The number of nitrogens with one attached hydrogen (secondary N) is 1. The van der Waals surface area contributed by atoms with Crippen molar-refractivity contribution in [2.75, 3.05) is 11.9 Å². The van der Waals surface area contributed by atoms with Crippen LogP contribution in [0.3, 0.4) is 0 Å². The van der Waals surface area contributed by atoms with E-state index in [0.717, 1.165) is 3.57 Å². The van der Waals surface area contributed by atoms with Crippen molar-refractivity contribution >= 4 is 40.2 Å². The van der Waals surface area contributed by atoms with Crippen LogP contribution in [0.25, 0.3) is 0 Å². The Morgan fingerprint density at radius 3 is 2.62 bits per heavy atom. The van der Waals surface area contributed by atoms with Crippen LogP contribution in [-0.2, 0) is 4.79 Å². The van der Waals surface area contributed by atoms with Crippen LogP contribution in [0.1, 0.15) is 10.4 Å². The van der Waals surface area contributed by atoms with E-state index in [-0.39, 0.29) is 5.91 Å². The molecule has 0 atom stereocenters. The molecular weight excluding hydrogens is 385 g/mol. The lowest BCUT2D eigenvalue weighted by Gasteiger charge is -2.08. The van der Waals surface area contributed by atoms with E-state index in [0.29, 0.717) is 17.0 Å². The second-order valence-corrected chi connectivity index (χ2v) is 5.42. The van der Waals surface area contributed by atoms with Gasteiger partial charge >= 0.3 is 5.97 Å². The Bertz CT molecular complexity index is 672. The van der Waals surface area contributed by atoms with Crippen LogP contribution in [0.5, 0.6) is 5.75 Å². The van der Waals surface area contributed by atoms with E-state index < -0.39 is 12.6 Å². The van der Waals surface area contributed by atoms with E-state index in [2.05, 4.69) is 27.9 Å². The highest BCUT2D eigenvalue weighted by molar-refractivity contribution is 14.1. The van der Waals surface area contributed by atoms with Crippen LogP contribution >= 0.6 is 22.6 Å². The fourth-order valence-electron chi connectivity index (χ4n) is 1.64. The summed E-state index contributed by atoms with van der Waals surface area (Å²) in [6, 6.07) is 13.8. The molecule has 5 nitrogen and oxygen atoms in total. The highest BCUT2D eigenvalue weighted by Crippen LogP contribution is 2.18. The van der Waals surface area contributed by atoms with E-state index in [4.69, 9.17) is 9.84 Å². The largest absolute Gasteiger partial charge is 0.482 e. The second-order valence-electron chi connectivity index (χ2n) is 4.17. The number of hydrogen-bond acceptors (Lipinski definition) is 3. The number of rotatable bonds is 5. The average molecular weight is 397 g/mol. The van der Waals surface area contributed by atoms with Crippen molar-refractivity contribution in [2.24, 2.45) is 0 Å². The first-order valence-corrected chi connectivity index (χ1v) is 7.14. The summed E-state index contributed by atoms with van der Waals surface area (Å²) in [6.07, 6.45) is 0. The molecule has 0 aliphatic carbocycles. The van der Waals surface area contributed by atoms with E-state index in [1.54, 1.807) is 36.4 Å². The summed E-state index contributed by atoms with van der Waals surface area (Å²) in [7, 11) is 0. The number of anilines is 1. The van der Waals surface area contributed by atoms with Gasteiger partial charge in [-0.1, -0.05) is 12.1 Å². The first-order valence-electron chi connectivity index (χ1n) is 6.06. The first kappa shape index (κ1) is 15.3. The smallest absolute Gasteiger partial charge is 0.341 e. The molecule has 0 spiro atoms. The Morgan fingerprint density at radius 1 is 1.14 bits per heavy atom. The normalized spacial score (nSPS) is 9.95. The van der Waals surface area contributed by atoms with Crippen molar-refractivity contribution in [2.45, 2.75) is 0 Å². The van der Waals surface area contributed by atoms with Gasteiger partial charge in [0.2, 0.25) is 0 Å². The SMILES string of the molecule is O=C(O)COc1cccc(NC(=O)c2cccc(I)c2)c1. The average Bonchev–Trinajstić information content (AvgIpc) is 2.45. The maximum atomic E-state index is 12.1. The summed E-state index contributed by atoms with van der Waals surface area (Å²) in [4.78, 5) is 22.6. The maximum absolute atomic E-state index is 12.1. The molecule has 0 fully saturated rings. The third-order valence-corrected chi connectivity index (χ3v) is 3.21. The quantitative estimate of drug-likeness (QED) is 0.761. The number of carbonyl (C=O) groups excluding carboxylic acids is 1. The molecule has 0 aliphatic rings. The molecular formula is C15H12INO4. The number of benzene rings is 2. The fraction of sp³-hybridized carbons (Fsp3) is 0.0667. The molecule has 1 amide bonds. The number of halogens is 1. The van der Waals surface area contributed by atoms with Crippen LogP contribution in [0, 0.1) is 3.57 Å². The maximum Gasteiger partial charge on any atom is 0.341 e. The molecule has 2 aromatic rings. The third-order valence-electron chi connectivity index (χ3n) is 2.54. The van der Waals surface area contributed by atoms with Gasteiger partial charge in [-0.2, -0.15) is 0 Å². The van der Waals surface area contributed by atoms with Gasteiger partial charge in [-0.3, -0.25) is 4.79 Å². The summed E-state index contributed by atoms with van der Waals surface area (Å²) >= 11 is 2.14. The molecule has 21 heavy (non-hydrogen) atoms. The molecule has 108 valence electrons. The number of ether oxygens (including phenoxy) is 1. The summed E-state index contributed by atoms with van der Waals surface area (Å²) in [5, 5.41) is 11.3. The zero-order valence-corrected chi connectivity index (χ0v) is 13.0. The van der Waals surface area contributed by atoms with Gasteiger partial charge in [0.15, 0.2) is 6.61 Å². The van der Waals surface area contributed by atoms with Gasteiger partial charge in [-0.25, -0.2) is 4.79 Å². The zero-order chi connectivity index (χ0) is 15.2. The lowest BCUT2D eigenvalue weighted by molar-refractivity contribution is -0.139. The summed E-state index contributed by atoms with van der Waals surface area (Å²) in [6.45, 7) is -0.422. The van der Waals surface area contributed by atoms with Gasteiger partial charge in [0.1, 0.15) is 5.75 Å². The van der Waals surface area contributed by atoms with Crippen molar-refractivity contribution in [3.63, 3.8) is 0 Å². The molecule has 2 aromatic carbocycles. The Hall–Kier alpha value is -2.09. The Labute approximate surface area is 135 Å². The lowest BCUT2D eigenvalue weighted by Crippen LogP contribution is -2.12. The summed E-state index contributed by atoms with van der Waals surface area (Å²) < 4.78 is 6.03. The number of carbonyl (C=O) groups is 2. The fourth-order valence-corrected chi connectivity index (χ4v) is 2.18. The van der Waals surface area contributed by atoms with Crippen molar-refractivity contribution in [1.29, 1.82) is 0 Å².